The average Bonchev–Trinajstić information content (AvgIpc) is 3.60. The molecule has 68 heavy (non-hydrogen) atoms. The fourth-order valence-electron chi connectivity index (χ4n) is 13.8. The lowest BCUT2D eigenvalue weighted by Crippen LogP contribution is -2.62. The summed E-state index contributed by atoms with van der Waals surface area (Å²) in [5, 5.41) is 0. The Morgan fingerprint density at radius 3 is 1.56 bits per heavy atom. The summed E-state index contributed by atoms with van der Waals surface area (Å²) in [4.78, 5) is 4.93. The average molecular weight is 894 g/mol. The Morgan fingerprint density at radius 1 is 0.471 bits per heavy atom. The van der Waals surface area contributed by atoms with Crippen LogP contribution in [0, 0.1) is 13.8 Å². The van der Waals surface area contributed by atoms with Gasteiger partial charge in [0.2, 0.25) is 0 Å². The van der Waals surface area contributed by atoms with Gasteiger partial charge in [-0.3, -0.25) is 0 Å². The highest BCUT2D eigenvalue weighted by atomic mass is 15.2. The molecular weight excluding hydrogens is 820 g/mol. The van der Waals surface area contributed by atoms with Crippen LogP contribution in [0.25, 0.3) is 11.1 Å². The van der Waals surface area contributed by atoms with E-state index < -0.39 is 6.85 Å². The van der Waals surface area contributed by atoms with Crippen molar-refractivity contribution >= 4 is 57.2 Å². The minimum absolute atomic E-state index is 0.0249. The van der Waals surface area contributed by atoms with Crippen molar-refractivity contribution in [2.45, 2.75) is 149 Å². The standard InChI is InChI=1S/C65H71BN2/c1-40-30-57-59-58(31-40)68(55-36-49-47(32-41(55)2)61(6,7)38-63(49,10)11)54-29-27-45(65(14,15)43-24-20-17-21-25-43)34-51(54)66(59)52-35-48-50(64(12,13)39-62(48,8)9)37-56(52)67(57)53-28-26-44(60(3,4)5)33-46(53)42-22-18-16-19-23-42/h16-37H,38-39H2,1-15H3/i1D3. The van der Waals surface area contributed by atoms with Gasteiger partial charge in [-0.05, 0) is 168 Å². The van der Waals surface area contributed by atoms with Crippen molar-refractivity contribution in [3.05, 3.63) is 184 Å². The van der Waals surface area contributed by atoms with Crippen LogP contribution < -0.4 is 26.2 Å². The van der Waals surface area contributed by atoms with Gasteiger partial charge in [-0.1, -0.05) is 181 Å². The zero-order chi connectivity index (χ0) is 50.7. The summed E-state index contributed by atoms with van der Waals surface area (Å²) in [6.45, 7) is 30.4. The van der Waals surface area contributed by atoms with Crippen LogP contribution in [0.15, 0.2) is 133 Å². The van der Waals surface area contributed by atoms with Crippen molar-refractivity contribution in [1.82, 2.24) is 0 Å². The van der Waals surface area contributed by atoms with E-state index in [2.05, 4.69) is 228 Å². The molecule has 0 saturated heterocycles. The second-order valence-electron chi connectivity index (χ2n) is 25.2. The number of aryl methyl sites for hydroxylation is 2. The van der Waals surface area contributed by atoms with Crippen molar-refractivity contribution < 1.29 is 4.11 Å². The van der Waals surface area contributed by atoms with E-state index >= 15 is 0 Å². The van der Waals surface area contributed by atoms with Gasteiger partial charge in [0.05, 0.1) is 5.69 Å². The Balaban J connectivity index is 1.31. The first kappa shape index (κ1) is 41.2. The molecule has 0 radical (unpaired) electrons. The highest BCUT2D eigenvalue weighted by Crippen LogP contribution is 2.56. The van der Waals surface area contributed by atoms with E-state index in [-0.39, 0.29) is 39.2 Å². The molecule has 11 rings (SSSR count). The van der Waals surface area contributed by atoms with Gasteiger partial charge in [0.1, 0.15) is 0 Å². The first-order valence-corrected chi connectivity index (χ1v) is 25.1. The first-order chi connectivity index (χ1) is 33.1. The third-order valence-corrected chi connectivity index (χ3v) is 16.9. The van der Waals surface area contributed by atoms with Crippen molar-refractivity contribution in [3.8, 4) is 11.1 Å². The highest BCUT2D eigenvalue weighted by molar-refractivity contribution is 7.00. The number of anilines is 6. The van der Waals surface area contributed by atoms with Crippen LogP contribution in [0.3, 0.4) is 0 Å². The Labute approximate surface area is 413 Å². The molecule has 2 aliphatic carbocycles. The zero-order valence-corrected chi connectivity index (χ0v) is 43.1. The van der Waals surface area contributed by atoms with Crippen LogP contribution in [0.2, 0.25) is 0 Å². The molecule has 0 saturated carbocycles. The molecule has 0 aromatic heterocycles. The minimum Gasteiger partial charge on any atom is -0.311 e. The molecule has 2 heterocycles. The summed E-state index contributed by atoms with van der Waals surface area (Å²) >= 11 is 0. The fraction of sp³-hybridized carbons (Fsp3) is 0.354. The lowest BCUT2D eigenvalue weighted by Gasteiger charge is -2.46. The third-order valence-electron chi connectivity index (χ3n) is 16.9. The molecule has 0 fully saturated rings. The van der Waals surface area contributed by atoms with E-state index in [0.29, 0.717) is 5.56 Å². The molecule has 0 bridgehead atoms. The fourth-order valence-corrected chi connectivity index (χ4v) is 13.8. The number of benzene rings is 7. The van der Waals surface area contributed by atoms with E-state index in [0.717, 1.165) is 63.6 Å². The zero-order valence-electron chi connectivity index (χ0n) is 46.1. The molecule has 4 aliphatic rings. The summed E-state index contributed by atoms with van der Waals surface area (Å²) in [7, 11) is 0. The van der Waals surface area contributed by atoms with Crippen LogP contribution in [0.1, 0.15) is 157 Å². The maximum absolute atomic E-state index is 9.24. The minimum atomic E-state index is -2.39. The quantitative estimate of drug-likeness (QED) is 0.159. The van der Waals surface area contributed by atoms with Gasteiger partial charge < -0.3 is 9.80 Å². The monoisotopic (exact) mass is 894 g/mol. The largest absolute Gasteiger partial charge is 0.311 e. The maximum Gasteiger partial charge on any atom is 0.252 e. The van der Waals surface area contributed by atoms with E-state index in [1.807, 2.05) is 12.1 Å². The Hall–Kier alpha value is -5.80. The molecule has 7 aromatic carbocycles. The molecule has 0 atom stereocenters. The Bertz CT molecular complexity index is 3330. The van der Waals surface area contributed by atoms with Crippen molar-refractivity contribution in [3.63, 3.8) is 0 Å². The molecule has 2 aliphatic heterocycles. The van der Waals surface area contributed by atoms with Gasteiger partial charge in [0, 0.05) is 43.5 Å². The lowest BCUT2D eigenvalue weighted by molar-refractivity contribution is 0.402. The SMILES string of the molecule is [2H]C([2H])([2H])c1cc2c3c(c1)N(c1ccc(C(C)(C)C)cc1-c1ccccc1)c1cc4c(cc1B3c1cc(C(C)(C)c3ccccc3)ccc1N2c1cc2c(cc1C)C(C)(C)CC2(C)C)C(C)(C)CC4(C)C. The van der Waals surface area contributed by atoms with Gasteiger partial charge in [0.15, 0.2) is 0 Å². The van der Waals surface area contributed by atoms with E-state index in [9.17, 15) is 4.11 Å². The summed E-state index contributed by atoms with van der Waals surface area (Å²) in [6, 6.07) is 49.9. The predicted molar refractivity (Wildman–Crippen MR) is 294 cm³/mol. The van der Waals surface area contributed by atoms with Crippen LogP contribution >= 0.6 is 0 Å². The smallest absolute Gasteiger partial charge is 0.252 e. The predicted octanol–water partition coefficient (Wildman–Crippen LogP) is 15.6. The second-order valence-corrected chi connectivity index (χ2v) is 25.2. The maximum atomic E-state index is 9.24. The van der Waals surface area contributed by atoms with Gasteiger partial charge in [-0.2, -0.15) is 0 Å². The first-order valence-electron chi connectivity index (χ1n) is 26.6. The van der Waals surface area contributed by atoms with Crippen molar-refractivity contribution in [2.24, 2.45) is 0 Å². The van der Waals surface area contributed by atoms with Gasteiger partial charge in [0.25, 0.3) is 6.71 Å². The molecule has 2 nitrogen and oxygen atoms in total. The van der Waals surface area contributed by atoms with Gasteiger partial charge >= 0.3 is 0 Å². The Kier molecular flexibility index (Phi) is 8.86. The Morgan fingerprint density at radius 2 is 0.971 bits per heavy atom. The van der Waals surface area contributed by atoms with Crippen molar-refractivity contribution in [1.29, 1.82) is 0 Å². The molecule has 0 amide bonds. The number of rotatable bonds is 5. The molecular formula is C65H71BN2. The molecule has 3 heteroatoms. The summed E-state index contributed by atoms with van der Waals surface area (Å²) in [5.41, 5.74) is 22.3. The highest BCUT2D eigenvalue weighted by Gasteiger charge is 2.49. The normalized spacial score (nSPS) is 18.7. The summed E-state index contributed by atoms with van der Waals surface area (Å²) in [6.07, 6.45) is 2.09. The summed E-state index contributed by atoms with van der Waals surface area (Å²) < 4.78 is 27.7. The van der Waals surface area contributed by atoms with E-state index in [1.54, 1.807) is 0 Å². The van der Waals surface area contributed by atoms with Crippen LogP contribution in [-0.2, 0) is 32.5 Å². The van der Waals surface area contributed by atoms with E-state index in [4.69, 9.17) is 0 Å². The van der Waals surface area contributed by atoms with Crippen molar-refractivity contribution in [2.75, 3.05) is 9.80 Å². The number of hydrogen-bond donors (Lipinski definition) is 0. The molecule has 0 unspecified atom stereocenters. The van der Waals surface area contributed by atoms with Gasteiger partial charge in [-0.15, -0.1) is 0 Å². The third kappa shape index (κ3) is 6.65. The number of fused-ring (bicyclic) bond motifs is 6. The molecule has 0 spiro atoms. The molecule has 344 valence electrons. The summed E-state index contributed by atoms with van der Waals surface area (Å²) in [5.74, 6) is 0. The van der Waals surface area contributed by atoms with E-state index in [1.165, 1.54) is 55.4 Å². The number of nitrogens with zero attached hydrogens (tertiary/aromatic N) is 2. The molecule has 7 aromatic rings. The topological polar surface area (TPSA) is 6.48 Å². The lowest BCUT2D eigenvalue weighted by atomic mass is 9.33. The van der Waals surface area contributed by atoms with Crippen LogP contribution in [0.4, 0.5) is 34.1 Å². The van der Waals surface area contributed by atoms with Gasteiger partial charge in [-0.25, -0.2) is 0 Å². The van der Waals surface area contributed by atoms with Crippen LogP contribution in [0.5, 0.6) is 0 Å². The number of hydrogen-bond acceptors (Lipinski definition) is 2. The second kappa shape index (κ2) is 14.6. The molecule has 0 N–H and O–H groups in total. The van der Waals surface area contributed by atoms with Crippen LogP contribution in [-0.4, -0.2) is 6.71 Å².